The van der Waals surface area contributed by atoms with Crippen molar-refractivity contribution >= 4 is 16.9 Å². The second-order valence-electron chi connectivity index (χ2n) is 4.16. The first-order valence-corrected chi connectivity index (χ1v) is 6.02. The van der Waals surface area contributed by atoms with E-state index in [1.165, 1.54) is 0 Å². The van der Waals surface area contributed by atoms with Crippen LogP contribution in [0.1, 0.15) is 10.4 Å². The highest BCUT2D eigenvalue weighted by atomic mass is 16.1. The van der Waals surface area contributed by atoms with Crippen molar-refractivity contribution in [2.24, 2.45) is 0 Å². The molecule has 0 unspecified atom stereocenters. The molecule has 96 valence electrons. The minimum atomic E-state index is -0.0938. The first-order valence-electron chi connectivity index (χ1n) is 6.02. The predicted octanol–water partition coefficient (Wildman–Crippen LogP) is 1.19. The van der Waals surface area contributed by atoms with Gasteiger partial charge in [0.25, 0.3) is 5.91 Å². The molecule has 0 bridgehead atoms. The molecule has 3 aromatic rings. The van der Waals surface area contributed by atoms with Crippen LogP contribution in [0.2, 0.25) is 0 Å². The molecule has 0 saturated heterocycles. The molecule has 19 heavy (non-hydrogen) atoms. The summed E-state index contributed by atoms with van der Waals surface area (Å²) in [6.07, 6.45) is 5.20. The number of benzene rings is 1. The molecular weight excluding hydrogens is 242 g/mol. The van der Waals surface area contributed by atoms with Crippen molar-refractivity contribution in [3.63, 3.8) is 0 Å². The average Bonchev–Trinajstić information content (AvgIpc) is 3.08. The Balaban J connectivity index is 1.63. The summed E-state index contributed by atoms with van der Waals surface area (Å²) >= 11 is 0. The third kappa shape index (κ3) is 2.47. The van der Waals surface area contributed by atoms with Gasteiger partial charge in [0.1, 0.15) is 0 Å². The van der Waals surface area contributed by atoms with E-state index in [9.17, 15) is 4.79 Å². The van der Waals surface area contributed by atoms with Crippen molar-refractivity contribution in [2.45, 2.75) is 6.54 Å². The Hall–Kier alpha value is -2.63. The standard InChI is InChI=1S/C13H13N5O/c19-13(14-5-7-18-6-1-4-17-18)10-2-3-11-12(8-10)16-9-15-11/h1-4,6,8-9H,5,7H2,(H,14,19)(H,15,16). The smallest absolute Gasteiger partial charge is 0.251 e. The van der Waals surface area contributed by atoms with E-state index in [0.717, 1.165) is 11.0 Å². The number of carbonyl (C=O) groups is 1. The first-order chi connectivity index (χ1) is 9.33. The molecule has 1 aromatic carbocycles. The molecule has 0 aliphatic carbocycles. The van der Waals surface area contributed by atoms with Gasteiger partial charge >= 0.3 is 0 Å². The second kappa shape index (κ2) is 4.93. The number of aromatic nitrogens is 4. The number of imidazole rings is 1. The molecule has 0 spiro atoms. The van der Waals surface area contributed by atoms with Gasteiger partial charge in [-0.05, 0) is 24.3 Å². The average molecular weight is 255 g/mol. The van der Waals surface area contributed by atoms with E-state index in [2.05, 4.69) is 20.4 Å². The number of nitrogens with one attached hydrogen (secondary N) is 2. The summed E-state index contributed by atoms with van der Waals surface area (Å²) < 4.78 is 1.78. The van der Waals surface area contributed by atoms with E-state index < -0.39 is 0 Å². The third-order valence-corrected chi connectivity index (χ3v) is 2.87. The number of hydrogen-bond acceptors (Lipinski definition) is 3. The van der Waals surface area contributed by atoms with Crippen molar-refractivity contribution in [3.8, 4) is 0 Å². The van der Waals surface area contributed by atoms with Crippen LogP contribution < -0.4 is 5.32 Å². The van der Waals surface area contributed by atoms with Gasteiger partial charge in [-0.3, -0.25) is 9.48 Å². The lowest BCUT2D eigenvalue weighted by atomic mass is 10.2. The Kier molecular flexibility index (Phi) is 2.97. The minimum absolute atomic E-state index is 0.0938. The van der Waals surface area contributed by atoms with Gasteiger partial charge in [0.05, 0.1) is 23.9 Å². The number of nitrogens with zero attached hydrogens (tertiary/aromatic N) is 3. The van der Waals surface area contributed by atoms with Crippen molar-refractivity contribution in [3.05, 3.63) is 48.5 Å². The molecule has 0 aliphatic rings. The van der Waals surface area contributed by atoms with Crippen molar-refractivity contribution in [1.29, 1.82) is 0 Å². The second-order valence-corrected chi connectivity index (χ2v) is 4.16. The van der Waals surface area contributed by atoms with Crippen LogP contribution >= 0.6 is 0 Å². The predicted molar refractivity (Wildman–Crippen MR) is 70.7 cm³/mol. The maximum absolute atomic E-state index is 12.0. The summed E-state index contributed by atoms with van der Waals surface area (Å²) in [5.74, 6) is -0.0938. The molecule has 1 amide bonds. The normalized spacial score (nSPS) is 10.7. The summed E-state index contributed by atoms with van der Waals surface area (Å²) in [5.41, 5.74) is 2.34. The fraction of sp³-hybridized carbons (Fsp3) is 0.154. The fourth-order valence-corrected chi connectivity index (χ4v) is 1.90. The molecule has 0 saturated carbocycles. The maximum atomic E-state index is 12.0. The number of hydrogen-bond donors (Lipinski definition) is 2. The SMILES string of the molecule is O=C(NCCn1cccn1)c1ccc2nc[nH]c2c1. The first kappa shape index (κ1) is 11.5. The number of carbonyl (C=O) groups excluding carboxylic acids is 1. The summed E-state index contributed by atoms with van der Waals surface area (Å²) in [6.45, 7) is 1.20. The molecule has 0 atom stereocenters. The molecule has 0 radical (unpaired) electrons. The highest BCUT2D eigenvalue weighted by Crippen LogP contribution is 2.11. The largest absolute Gasteiger partial charge is 0.350 e. The van der Waals surface area contributed by atoms with E-state index in [0.29, 0.717) is 18.7 Å². The molecule has 0 fully saturated rings. The Morgan fingerprint density at radius 2 is 2.37 bits per heavy atom. The maximum Gasteiger partial charge on any atom is 0.251 e. The Morgan fingerprint density at radius 1 is 1.42 bits per heavy atom. The summed E-state index contributed by atoms with van der Waals surface area (Å²) in [7, 11) is 0. The zero-order valence-electron chi connectivity index (χ0n) is 10.2. The van der Waals surface area contributed by atoms with Gasteiger partial charge in [-0.2, -0.15) is 5.10 Å². The molecule has 0 aliphatic heterocycles. The van der Waals surface area contributed by atoms with Crippen molar-refractivity contribution < 1.29 is 4.79 Å². The molecule has 6 nitrogen and oxygen atoms in total. The van der Waals surface area contributed by atoms with Crippen LogP contribution in [0, 0.1) is 0 Å². The molecule has 2 heterocycles. The van der Waals surface area contributed by atoms with Gasteiger partial charge in [-0.15, -0.1) is 0 Å². The lowest BCUT2D eigenvalue weighted by Crippen LogP contribution is -2.27. The summed E-state index contributed by atoms with van der Waals surface area (Å²) in [4.78, 5) is 19.1. The molecule has 3 rings (SSSR count). The van der Waals surface area contributed by atoms with Crippen LogP contribution in [0.5, 0.6) is 0 Å². The van der Waals surface area contributed by atoms with Gasteiger partial charge in [0.2, 0.25) is 0 Å². The van der Waals surface area contributed by atoms with Gasteiger partial charge in [-0.1, -0.05) is 0 Å². The highest BCUT2D eigenvalue weighted by molar-refractivity contribution is 5.97. The molecule has 6 heteroatoms. The number of fused-ring (bicyclic) bond motifs is 1. The molecule has 2 N–H and O–H groups in total. The molecular formula is C13H13N5O. The quantitative estimate of drug-likeness (QED) is 0.735. The number of amides is 1. The number of rotatable bonds is 4. The van der Waals surface area contributed by atoms with Gasteiger partial charge in [0.15, 0.2) is 0 Å². The number of H-pyrrole nitrogens is 1. The van der Waals surface area contributed by atoms with Crippen LogP contribution in [0.4, 0.5) is 0 Å². The minimum Gasteiger partial charge on any atom is -0.350 e. The van der Waals surface area contributed by atoms with E-state index >= 15 is 0 Å². The van der Waals surface area contributed by atoms with E-state index in [4.69, 9.17) is 0 Å². The van der Waals surface area contributed by atoms with E-state index in [1.807, 2.05) is 18.3 Å². The highest BCUT2D eigenvalue weighted by Gasteiger charge is 2.06. The van der Waals surface area contributed by atoms with E-state index in [1.54, 1.807) is 29.3 Å². The van der Waals surface area contributed by atoms with Crippen LogP contribution in [0.3, 0.4) is 0 Å². The fourth-order valence-electron chi connectivity index (χ4n) is 1.90. The van der Waals surface area contributed by atoms with Crippen LogP contribution in [0.15, 0.2) is 43.0 Å². The van der Waals surface area contributed by atoms with Crippen LogP contribution in [-0.2, 0) is 6.54 Å². The van der Waals surface area contributed by atoms with Crippen molar-refractivity contribution in [2.75, 3.05) is 6.54 Å². The van der Waals surface area contributed by atoms with Gasteiger partial charge in [0, 0.05) is 24.5 Å². The topological polar surface area (TPSA) is 75.6 Å². The van der Waals surface area contributed by atoms with Gasteiger partial charge < -0.3 is 10.3 Å². The zero-order chi connectivity index (χ0) is 13.1. The Labute approximate surface area is 109 Å². The Bertz CT molecular complexity index is 686. The number of aromatic amines is 1. The Morgan fingerprint density at radius 3 is 3.21 bits per heavy atom. The zero-order valence-corrected chi connectivity index (χ0v) is 10.2. The monoisotopic (exact) mass is 255 g/mol. The van der Waals surface area contributed by atoms with Gasteiger partial charge in [-0.25, -0.2) is 4.98 Å². The van der Waals surface area contributed by atoms with Crippen molar-refractivity contribution in [1.82, 2.24) is 25.1 Å². The summed E-state index contributed by atoms with van der Waals surface area (Å²) in [5, 5.41) is 6.93. The van der Waals surface area contributed by atoms with Crippen LogP contribution in [-0.4, -0.2) is 32.2 Å². The lowest BCUT2D eigenvalue weighted by Gasteiger charge is -2.05. The van der Waals surface area contributed by atoms with E-state index in [-0.39, 0.29) is 5.91 Å². The molecule has 2 aromatic heterocycles. The third-order valence-electron chi connectivity index (χ3n) is 2.87. The van der Waals surface area contributed by atoms with Crippen LogP contribution in [0.25, 0.3) is 11.0 Å². The lowest BCUT2D eigenvalue weighted by molar-refractivity contribution is 0.0952. The summed E-state index contributed by atoms with van der Waals surface area (Å²) in [6, 6.07) is 7.25.